The van der Waals surface area contributed by atoms with Crippen LogP contribution in [0.25, 0.3) is 0 Å². The Balaban J connectivity index is 1.92. The van der Waals surface area contributed by atoms with Crippen LogP contribution < -0.4 is 0 Å². The van der Waals surface area contributed by atoms with Gasteiger partial charge in [-0.15, -0.1) is 5.10 Å². The topological polar surface area (TPSA) is 48.6 Å². The number of benzene rings is 1. The zero-order valence-corrected chi connectivity index (χ0v) is 10.9. The smallest absolute Gasteiger partial charge is 0.207 e. The largest absolute Gasteiger partial charge is 0.473 e. The molecule has 0 atom stereocenters. The van der Waals surface area contributed by atoms with E-state index >= 15 is 0 Å². The lowest BCUT2D eigenvalue weighted by Crippen LogP contribution is -2.29. The molecule has 0 radical (unpaired) electrons. The first kappa shape index (κ1) is 13.2. The Morgan fingerprint density at radius 3 is 2.84 bits per heavy atom. The molecule has 0 aliphatic carbocycles. The maximum Gasteiger partial charge on any atom is 0.207 e. The first-order valence-corrected chi connectivity index (χ1v) is 6.36. The number of nitriles is 1. The Kier molecular flexibility index (Phi) is 4.57. The predicted octanol–water partition coefficient (Wildman–Crippen LogP) is 2.69. The van der Waals surface area contributed by atoms with Crippen LogP contribution in [-0.2, 0) is 11.2 Å². The van der Waals surface area contributed by atoms with Gasteiger partial charge in [0.05, 0.1) is 24.7 Å². The van der Waals surface area contributed by atoms with Gasteiger partial charge in [-0.3, -0.25) is 5.01 Å². The summed E-state index contributed by atoms with van der Waals surface area (Å²) in [6, 6.07) is 12.4. The van der Waals surface area contributed by atoms with Crippen LogP contribution in [0, 0.1) is 11.3 Å². The van der Waals surface area contributed by atoms with Crippen molar-refractivity contribution in [2.75, 3.05) is 13.2 Å². The van der Waals surface area contributed by atoms with Gasteiger partial charge in [-0.1, -0.05) is 36.9 Å². The van der Waals surface area contributed by atoms with Crippen molar-refractivity contribution in [2.45, 2.75) is 19.3 Å². The van der Waals surface area contributed by atoms with Gasteiger partial charge in [0.1, 0.15) is 6.61 Å². The third-order valence-electron chi connectivity index (χ3n) is 2.91. The average molecular weight is 255 g/mol. The molecule has 1 aliphatic rings. The lowest BCUT2D eigenvalue weighted by atomic mass is 10.1. The zero-order chi connectivity index (χ0) is 13.5. The third-order valence-corrected chi connectivity index (χ3v) is 2.91. The van der Waals surface area contributed by atoms with Crippen molar-refractivity contribution < 1.29 is 4.74 Å². The molecule has 4 nitrogen and oxygen atoms in total. The summed E-state index contributed by atoms with van der Waals surface area (Å²) in [5.41, 5.74) is 2.07. The average Bonchev–Trinajstić information content (AvgIpc) is 2.46. The minimum Gasteiger partial charge on any atom is -0.473 e. The number of ether oxygens (including phenoxy) is 1. The van der Waals surface area contributed by atoms with Crippen LogP contribution in [0.1, 0.15) is 18.4 Å². The van der Waals surface area contributed by atoms with E-state index in [-0.39, 0.29) is 0 Å². The second kappa shape index (κ2) is 6.60. The van der Waals surface area contributed by atoms with Crippen LogP contribution in [0.2, 0.25) is 0 Å². The van der Waals surface area contributed by atoms with E-state index in [1.54, 1.807) is 5.01 Å². The van der Waals surface area contributed by atoms with Gasteiger partial charge in [0.2, 0.25) is 5.90 Å². The normalized spacial score (nSPS) is 14.6. The number of nitrogens with zero attached hydrogens (tertiary/aromatic N) is 3. The fourth-order valence-electron chi connectivity index (χ4n) is 1.86. The van der Waals surface area contributed by atoms with Crippen LogP contribution >= 0.6 is 0 Å². The van der Waals surface area contributed by atoms with Crippen molar-refractivity contribution in [1.82, 2.24) is 5.01 Å². The van der Waals surface area contributed by atoms with Gasteiger partial charge in [0, 0.05) is 6.42 Å². The molecule has 4 heteroatoms. The SMILES string of the molecule is C=C1COC(CCc2ccccc2)=NN1CCC#N. The van der Waals surface area contributed by atoms with E-state index in [1.165, 1.54) is 5.56 Å². The van der Waals surface area contributed by atoms with Crippen LogP contribution in [-0.4, -0.2) is 24.1 Å². The summed E-state index contributed by atoms with van der Waals surface area (Å²) in [5.74, 6) is 0.717. The highest BCUT2D eigenvalue weighted by Crippen LogP contribution is 2.14. The highest BCUT2D eigenvalue weighted by molar-refractivity contribution is 5.77. The van der Waals surface area contributed by atoms with Gasteiger partial charge in [0.25, 0.3) is 0 Å². The van der Waals surface area contributed by atoms with E-state index in [0.717, 1.165) is 18.5 Å². The number of hydrogen-bond donors (Lipinski definition) is 0. The van der Waals surface area contributed by atoms with Crippen LogP contribution in [0.4, 0.5) is 0 Å². The van der Waals surface area contributed by atoms with E-state index in [2.05, 4.69) is 29.9 Å². The molecule has 0 bridgehead atoms. The molecular weight excluding hydrogens is 238 g/mol. The van der Waals surface area contributed by atoms with Crippen molar-refractivity contribution >= 4 is 5.90 Å². The van der Waals surface area contributed by atoms with Crippen LogP contribution in [0.5, 0.6) is 0 Å². The number of rotatable bonds is 5. The van der Waals surface area contributed by atoms with Gasteiger partial charge in [-0.25, -0.2) is 0 Å². The number of aryl methyl sites for hydroxylation is 1. The van der Waals surface area contributed by atoms with Gasteiger partial charge < -0.3 is 4.74 Å². The summed E-state index contributed by atoms with van der Waals surface area (Å²) < 4.78 is 5.55. The number of hydrogen-bond acceptors (Lipinski definition) is 4. The first-order valence-electron chi connectivity index (χ1n) is 6.36. The Bertz CT molecular complexity index is 502. The molecule has 98 valence electrons. The summed E-state index contributed by atoms with van der Waals surface area (Å²) in [6.07, 6.45) is 2.10. The second-order valence-corrected chi connectivity index (χ2v) is 4.37. The quantitative estimate of drug-likeness (QED) is 0.812. The fourth-order valence-corrected chi connectivity index (χ4v) is 1.86. The second-order valence-electron chi connectivity index (χ2n) is 4.37. The lowest BCUT2D eigenvalue weighted by molar-refractivity contribution is 0.216. The minimum absolute atomic E-state index is 0.439. The zero-order valence-electron chi connectivity index (χ0n) is 10.9. The molecule has 0 N–H and O–H groups in total. The van der Waals surface area contributed by atoms with Gasteiger partial charge >= 0.3 is 0 Å². The molecule has 0 spiro atoms. The molecule has 1 aromatic carbocycles. The predicted molar refractivity (Wildman–Crippen MR) is 74.2 cm³/mol. The first-order chi connectivity index (χ1) is 9.29. The van der Waals surface area contributed by atoms with Crippen molar-refractivity contribution in [3.8, 4) is 6.07 Å². The third kappa shape index (κ3) is 3.85. The van der Waals surface area contributed by atoms with Gasteiger partial charge in [-0.05, 0) is 12.0 Å². The molecule has 0 aromatic heterocycles. The van der Waals surface area contributed by atoms with E-state index < -0.39 is 0 Å². The standard InChI is InChI=1S/C15H17N3O/c1-13-12-19-15(17-18(13)11-5-10-16)9-8-14-6-3-2-4-7-14/h2-4,6-7H,1,5,8-9,11-12H2. The lowest BCUT2D eigenvalue weighted by Gasteiger charge is -2.26. The van der Waals surface area contributed by atoms with Gasteiger partial charge in [0.15, 0.2) is 0 Å². The van der Waals surface area contributed by atoms with E-state index in [0.29, 0.717) is 25.5 Å². The minimum atomic E-state index is 0.439. The highest BCUT2D eigenvalue weighted by Gasteiger charge is 2.16. The van der Waals surface area contributed by atoms with Crippen molar-refractivity contribution in [2.24, 2.45) is 5.10 Å². The Labute approximate surface area is 113 Å². The Morgan fingerprint density at radius 1 is 1.32 bits per heavy atom. The molecule has 19 heavy (non-hydrogen) atoms. The monoisotopic (exact) mass is 255 g/mol. The molecule has 0 saturated heterocycles. The Hall–Kier alpha value is -2.28. The van der Waals surface area contributed by atoms with Crippen molar-refractivity contribution in [3.63, 3.8) is 0 Å². The molecule has 2 rings (SSSR count). The number of hydrazone groups is 1. The Morgan fingerprint density at radius 2 is 2.11 bits per heavy atom. The molecular formula is C15H17N3O. The highest BCUT2D eigenvalue weighted by atomic mass is 16.5. The molecule has 1 aromatic rings. The molecule has 0 fully saturated rings. The molecule has 1 heterocycles. The van der Waals surface area contributed by atoms with E-state index in [1.807, 2.05) is 18.2 Å². The fraction of sp³-hybridized carbons (Fsp3) is 0.333. The summed E-state index contributed by atoms with van der Waals surface area (Å²) in [4.78, 5) is 0. The molecule has 0 amide bonds. The molecule has 0 saturated carbocycles. The van der Waals surface area contributed by atoms with Crippen molar-refractivity contribution in [3.05, 3.63) is 48.2 Å². The maximum atomic E-state index is 8.62. The maximum absolute atomic E-state index is 8.62. The van der Waals surface area contributed by atoms with Gasteiger partial charge in [-0.2, -0.15) is 5.26 Å². The molecule has 1 aliphatic heterocycles. The summed E-state index contributed by atoms with van der Waals surface area (Å²) in [5, 5.41) is 14.8. The van der Waals surface area contributed by atoms with Crippen molar-refractivity contribution in [1.29, 1.82) is 5.26 Å². The van der Waals surface area contributed by atoms with Crippen LogP contribution in [0.15, 0.2) is 47.7 Å². The van der Waals surface area contributed by atoms with E-state index in [9.17, 15) is 0 Å². The summed E-state index contributed by atoms with van der Waals surface area (Å²) >= 11 is 0. The van der Waals surface area contributed by atoms with E-state index in [4.69, 9.17) is 10.00 Å². The summed E-state index contributed by atoms with van der Waals surface area (Å²) in [6.45, 7) is 4.92. The van der Waals surface area contributed by atoms with Crippen LogP contribution in [0.3, 0.4) is 0 Å². The molecule has 0 unspecified atom stereocenters. The summed E-state index contributed by atoms with van der Waals surface area (Å²) in [7, 11) is 0.